The quantitative estimate of drug-likeness (QED) is 0.723. The molecule has 0 heterocycles. The van der Waals surface area contributed by atoms with E-state index in [9.17, 15) is 5.11 Å². The lowest BCUT2D eigenvalue weighted by molar-refractivity contribution is 0.0470. The van der Waals surface area contributed by atoms with Crippen LogP contribution in [0.4, 0.5) is 0 Å². The fourth-order valence-corrected chi connectivity index (χ4v) is 2.93. The third-order valence-electron chi connectivity index (χ3n) is 3.90. The standard InChI is InChI=1S/C12H23NO/c14-12(7-3-4-8-12)10-13-9-11-5-1-2-6-11/h11,13-14H,1-10H2. The van der Waals surface area contributed by atoms with E-state index in [1.54, 1.807) is 0 Å². The van der Waals surface area contributed by atoms with Crippen molar-refractivity contribution >= 4 is 0 Å². The molecule has 2 aliphatic rings. The van der Waals surface area contributed by atoms with Crippen LogP contribution < -0.4 is 5.32 Å². The zero-order chi connectivity index (χ0) is 9.86. The molecule has 82 valence electrons. The Morgan fingerprint density at radius 1 is 1.07 bits per heavy atom. The Kier molecular flexibility index (Phi) is 3.45. The summed E-state index contributed by atoms with van der Waals surface area (Å²) >= 11 is 0. The van der Waals surface area contributed by atoms with Crippen molar-refractivity contribution in [2.75, 3.05) is 13.1 Å². The molecule has 0 atom stereocenters. The molecule has 0 spiro atoms. The first-order chi connectivity index (χ1) is 6.79. The van der Waals surface area contributed by atoms with Crippen molar-refractivity contribution in [3.63, 3.8) is 0 Å². The summed E-state index contributed by atoms with van der Waals surface area (Å²) in [6.07, 6.45) is 10.0. The molecule has 2 fully saturated rings. The monoisotopic (exact) mass is 197 g/mol. The Labute approximate surface area is 87.1 Å². The molecule has 0 unspecified atom stereocenters. The van der Waals surface area contributed by atoms with Crippen LogP contribution in [0, 0.1) is 5.92 Å². The van der Waals surface area contributed by atoms with Gasteiger partial charge in [-0.3, -0.25) is 0 Å². The maximum atomic E-state index is 10.1. The molecule has 0 aromatic carbocycles. The van der Waals surface area contributed by atoms with Crippen LogP contribution in [0.3, 0.4) is 0 Å². The van der Waals surface area contributed by atoms with Gasteiger partial charge < -0.3 is 10.4 Å². The van der Waals surface area contributed by atoms with Crippen molar-refractivity contribution in [3.05, 3.63) is 0 Å². The Bertz CT molecular complexity index is 169. The highest BCUT2D eigenvalue weighted by Crippen LogP contribution is 2.29. The maximum Gasteiger partial charge on any atom is 0.0771 e. The SMILES string of the molecule is OC1(CNCC2CCCC2)CCCC1. The van der Waals surface area contributed by atoms with E-state index in [1.165, 1.54) is 38.5 Å². The lowest BCUT2D eigenvalue weighted by Crippen LogP contribution is -2.39. The summed E-state index contributed by atoms with van der Waals surface area (Å²) in [6, 6.07) is 0. The fraction of sp³-hybridized carbons (Fsp3) is 1.00. The highest BCUT2D eigenvalue weighted by Gasteiger charge is 2.30. The third-order valence-corrected chi connectivity index (χ3v) is 3.90. The molecule has 14 heavy (non-hydrogen) atoms. The van der Waals surface area contributed by atoms with Crippen LogP contribution in [-0.2, 0) is 0 Å². The molecule has 2 N–H and O–H groups in total. The van der Waals surface area contributed by atoms with Crippen molar-refractivity contribution in [2.24, 2.45) is 5.92 Å². The van der Waals surface area contributed by atoms with Gasteiger partial charge in [-0.2, -0.15) is 0 Å². The molecule has 0 amide bonds. The molecule has 2 saturated carbocycles. The van der Waals surface area contributed by atoms with Crippen LogP contribution in [0.15, 0.2) is 0 Å². The van der Waals surface area contributed by atoms with E-state index < -0.39 is 0 Å². The molecular weight excluding hydrogens is 174 g/mol. The molecule has 2 aliphatic carbocycles. The number of hydrogen-bond donors (Lipinski definition) is 2. The summed E-state index contributed by atoms with van der Waals surface area (Å²) in [6.45, 7) is 1.95. The second-order valence-corrected chi connectivity index (χ2v) is 5.21. The van der Waals surface area contributed by atoms with E-state index in [1.807, 2.05) is 0 Å². The highest BCUT2D eigenvalue weighted by atomic mass is 16.3. The van der Waals surface area contributed by atoms with Crippen LogP contribution >= 0.6 is 0 Å². The molecule has 2 rings (SSSR count). The fourth-order valence-electron chi connectivity index (χ4n) is 2.93. The summed E-state index contributed by atoms with van der Waals surface area (Å²) in [5.41, 5.74) is -0.362. The molecule has 2 heteroatoms. The van der Waals surface area contributed by atoms with E-state index in [0.717, 1.165) is 31.8 Å². The second kappa shape index (κ2) is 4.63. The van der Waals surface area contributed by atoms with Gasteiger partial charge in [-0.15, -0.1) is 0 Å². The molecule has 0 bridgehead atoms. The first kappa shape index (κ1) is 10.4. The van der Waals surface area contributed by atoms with E-state index >= 15 is 0 Å². The van der Waals surface area contributed by atoms with Gasteiger partial charge in [0, 0.05) is 6.54 Å². The lowest BCUT2D eigenvalue weighted by Gasteiger charge is -2.23. The molecule has 0 saturated heterocycles. The van der Waals surface area contributed by atoms with Crippen molar-refractivity contribution in [3.8, 4) is 0 Å². The summed E-state index contributed by atoms with van der Waals surface area (Å²) in [7, 11) is 0. The smallest absolute Gasteiger partial charge is 0.0771 e. The second-order valence-electron chi connectivity index (χ2n) is 5.21. The van der Waals surface area contributed by atoms with E-state index in [-0.39, 0.29) is 5.60 Å². The Balaban J connectivity index is 1.61. The molecule has 2 nitrogen and oxygen atoms in total. The topological polar surface area (TPSA) is 32.3 Å². The minimum absolute atomic E-state index is 0.362. The largest absolute Gasteiger partial charge is 0.389 e. The van der Waals surface area contributed by atoms with Crippen LogP contribution in [0.25, 0.3) is 0 Å². The molecule has 0 radical (unpaired) electrons. The average Bonchev–Trinajstić information content (AvgIpc) is 2.77. The molecule has 0 aromatic rings. The van der Waals surface area contributed by atoms with Gasteiger partial charge >= 0.3 is 0 Å². The summed E-state index contributed by atoms with van der Waals surface area (Å²) in [4.78, 5) is 0. The average molecular weight is 197 g/mol. The van der Waals surface area contributed by atoms with Crippen molar-refractivity contribution < 1.29 is 5.11 Å². The van der Waals surface area contributed by atoms with Gasteiger partial charge in [0.25, 0.3) is 0 Å². The number of aliphatic hydroxyl groups is 1. The van der Waals surface area contributed by atoms with Gasteiger partial charge in [0.2, 0.25) is 0 Å². The number of hydrogen-bond acceptors (Lipinski definition) is 2. The predicted octanol–water partition coefficient (Wildman–Crippen LogP) is 2.07. The normalized spacial score (nSPS) is 27.2. The lowest BCUT2D eigenvalue weighted by atomic mass is 10.0. The minimum atomic E-state index is -0.362. The van der Waals surface area contributed by atoms with Gasteiger partial charge in [0.05, 0.1) is 5.60 Å². The Hall–Kier alpha value is -0.0800. The number of rotatable bonds is 4. The molecular formula is C12H23NO. The Morgan fingerprint density at radius 2 is 1.71 bits per heavy atom. The maximum absolute atomic E-state index is 10.1. The zero-order valence-corrected chi connectivity index (χ0v) is 9.10. The summed E-state index contributed by atoms with van der Waals surface area (Å²) < 4.78 is 0. The van der Waals surface area contributed by atoms with Gasteiger partial charge in [-0.05, 0) is 38.1 Å². The first-order valence-corrected chi connectivity index (χ1v) is 6.22. The van der Waals surface area contributed by atoms with Gasteiger partial charge in [0.15, 0.2) is 0 Å². The van der Waals surface area contributed by atoms with Crippen molar-refractivity contribution in [1.82, 2.24) is 5.32 Å². The van der Waals surface area contributed by atoms with Crippen molar-refractivity contribution in [1.29, 1.82) is 0 Å². The van der Waals surface area contributed by atoms with E-state index in [2.05, 4.69) is 5.32 Å². The van der Waals surface area contributed by atoms with Crippen LogP contribution in [0.1, 0.15) is 51.4 Å². The summed E-state index contributed by atoms with van der Waals surface area (Å²) in [5, 5.41) is 13.6. The molecule has 0 aliphatic heterocycles. The zero-order valence-electron chi connectivity index (χ0n) is 9.10. The minimum Gasteiger partial charge on any atom is -0.389 e. The first-order valence-electron chi connectivity index (χ1n) is 6.22. The van der Waals surface area contributed by atoms with E-state index in [4.69, 9.17) is 0 Å². The van der Waals surface area contributed by atoms with E-state index in [0.29, 0.717) is 0 Å². The number of nitrogens with one attached hydrogen (secondary N) is 1. The van der Waals surface area contributed by atoms with Gasteiger partial charge in [0.1, 0.15) is 0 Å². The van der Waals surface area contributed by atoms with Crippen molar-refractivity contribution in [2.45, 2.75) is 57.0 Å². The van der Waals surface area contributed by atoms with Crippen LogP contribution in [0.5, 0.6) is 0 Å². The van der Waals surface area contributed by atoms with Gasteiger partial charge in [-0.1, -0.05) is 25.7 Å². The van der Waals surface area contributed by atoms with Crippen LogP contribution in [0.2, 0.25) is 0 Å². The molecule has 0 aromatic heterocycles. The van der Waals surface area contributed by atoms with Crippen LogP contribution in [-0.4, -0.2) is 23.8 Å². The third kappa shape index (κ3) is 2.71. The summed E-state index contributed by atoms with van der Waals surface area (Å²) in [5.74, 6) is 0.889. The predicted molar refractivity (Wildman–Crippen MR) is 58.2 cm³/mol. The Morgan fingerprint density at radius 3 is 2.36 bits per heavy atom. The highest BCUT2D eigenvalue weighted by molar-refractivity contribution is 4.86. The van der Waals surface area contributed by atoms with Gasteiger partial charge in [-0.25, -0.2) is 0 Å².